The number of amides is 2. The van der Waals surface area contributed by atoms with E-state index >= 15 is 0 Å². The van der Waals surface area contributed by atoms with E-state index in [0.29, 0.717) is 29.4 Å². The highest BCUT2D eigenvalue weighted by atomic mass is 35.5. The Hall–Kier alpha value is -1.73. The molecule has 0 radical (unpaired) electrons. The summed E-state index contributed by atoms with van der Waals surface area (Å²) < 4.78 is 4.72. The number of nitrogens with one attached hydrogen (secondary N) is 1. The predicted molar refractivity (Wildman–Crippen MR) is 93.2 cm³/mol. The molecular weight excluding hydrogens is 352 g/mol. The third-order valence-electron chi connectivity index (χ3n) is 3.63. The van der Waals surface area contributed by atoms with Gasteiger partial charge >= 0.3 is 5.97 Å². The number of ether oxygens (including phenoxy) is 1. The number of hydrogen-bond donors (Lipinski definition) is 1. The summed E-state index contributed by atoms with van der Waals surface area (Å²) in [6.45, 7) is 1.15. The molecule has 1 heterocycles. The minimum absolute atomic E-state index is 0.0938. The maximum Gasteiger partial charge on any atom is 0.320 e. The van der Waals surface area contributed by atoms with Crippen molar-refractivity contribution in [2.24, 2.45) is 0 Å². The lowest BCUT2D eigenvalue weighted by Crippen LogP contribution is -2.45. The van der Waals surface area contributed by atoms with Crippen LogP contribution in [0.2, 0.25) is 5.02 Å². The maximum atomic E-state index is 12.2. The molecule has 1 aliphatic heterocycles. The van der Waals surface area contributed by atoms with Crippen molar-refractivity contribution in [3.05, 3.63) is 34.9 Å². The van der Waals surface area contributed by atoms with Crippen LogP contribution in [0.5, 0.6) is 0 Å². The highest BCUT2D eigenvalue weighted by molar-refractivity contribution is 8.00. The molecule has 1 N–H and O–H groups in total. The molecule has 1 atom stereocenters. The van der Waals surface area contributed by atoms with E-state index in [9.17, 15) is 14.4 Å². The van der Waals surface area contributed by atoms with Crippen LogP contribution in [0.3, 0.4) is 0 Å². The Labute approximate surface area is 149 Å². The lowest BCUT2D eigenvalue weighted by atomic mass is 10.2. The van der Waals surface area contributed by atoms with E-state index in [1.54, 1.807) is 29.2 Å². The normalized spacial score (nSPS) is 17.2. The van der Waals surface area contributed by atoms with Crippen molar-refractivity contribution in [3.63, 3.8) is 0 Å². The molecule has 24 heavy (non-hydrogen) atoms. The Morgan fingerprint density at radius 2 is 2.12 bits per heavy atom. The number of halogens is 1. The largest absolute Gasteiger partial charge is 0.468 e. The van der Waals surface area contributed by atoms with Crippen LogP contribution in [0.4, 0.5) is 0 Å². The molecule has 1 fully saturated rings. The van der Waals surface area contributed by atoms with Crippen LogP contribution >= 0.6 is 23.4 Å². The number of thioether (sulfide) groups is 1. The van der Waals surface area contributed by atoms with Crippen LogP contribution in [0.1, 0.15) is 16.8 Å². The van der Waals surface area contributed by atoms with Gasteiger partial charge in [0.15, 0.2) is 0 Å². The average molecular weight is 371 g/mol. The molecular formula is C16H19ClN2O4S. The standard InChI is InChI=1S/C16H19ClN2O4S/c1-23-16(22)13-10-19(8-9-24-13)14(20)6-7-18-15(21)11-4-2-3-5-12(11)17/h2-5,13H,6-10H2,1H3,(H,18,21)/t13-/m1/s1. The second-order valence-electron chi connectivity index (χ2n) is 5.21. The van der Waals surface area contributed by atoms with Crippen molar-refractivity contribution < 1.29 is 19.1 Å². The zero-order valence-electron chi connectivity index (χ0n) is 13.3. The number of carbonyl (C=O) groups excluding carboxylic acids is 3. The van der Waals surface area contributed by atoms with E-state index in [2.05, 4.69) is 5.32 Å². The van der Waals surface area contributed by atoms with Crippen molar-refractivity contribution in [2.75, 3.05) is 32.5 Å². The van der Waals surface area contributed by atoms with Gasteiger partial charge in [-0.25, -0.2) is 0 Å². The van der Waals surface area contributed by atoms with E-state index in [1.165, 1.54) is 18.9 Å². The fraction of sp³-hybridized carbons (Fsp3) is 0.438. The first-order chi connectivity index (χ1) is 11.5. The minimum Gasteiger partial charge on any atom is -0.468 e. The second kappa shape index (κ2) is 8.94. The summed E-state index contributed by atoms with van der Waals surface area (Å²) in [5, 5.41) is 2.72. The highest BCUT2D eigenvalue weighted by Crippen LogP contribution is 2.20. The Balaban J connectivity index is 1.80. The van der Waals surface area contributed by atoms with Crippen LogP contribution in [-0.2, 0) is 14.3 Å². The first kappa shape index (κ1) is 18.6. The summed E-state index contributed by atoms with van der Waals surface area (Å²) in [6.07, 6.45) is 0.175. The van der Waals surface area contributed by atoms with Gasteiger partial charge in [0.25, 0.3) is 5.91 Å². The highest BCUT2D eigenvalue weighted by Gasteiger charge is 2.29. The van der Waals surface area contributed by atoms with Crippen LogP contribution in [0.15, 0.2) is 24.3 Å². The van der Waals surface area contributed by atoms with Gasteiger partial charge in [0.05, 0.1) is 17.7 Å². The van der Waals surface area contributed by atoms with E-state index < -0.39 is 0 Å². The molecule has 2 rings (SSSR count). The Morgan fingerprint density at radius 3 is 2.83 bits per heavy atom. The van der Waals surface area contributed by atoms with Gasteiger partial charge < -0.3 is 15.0 Å². The molecule has 0 aromatic heterocycles. The Bertz CT molecular complexity index is 626. The van der Waals surface area contributed by atoms with Gasteiger partial charge in [0.1, 0.15) is 5.25 Å². The molecule has 2 amide bonds. The molecule has 130 valence electrons. The number of hydrogen-bond acceptors (Lipinski definition) is 5. The quantitative estimate of drug-likeness (QED) is 0.796. The molecule has 1 aliphatic rings. The van der Waals surface area contributed by atoms with Crippen molar-refractivity contribution >= 4 is 41.1 Å². The molecule has 1 saturated heterocycles. The monoisotopic (exact) mass is 370 g/mol. The summed E-state index contributed by atoms with van der Waals surface area (Å²) in [5.74, 6) is -0.0273. The summed E-state index contributed by atoms with van der Waals surface area (Å²) in [5.41, 5.74) is 0.381. The zero-order chi connectivity index (χ0) is 17.5. The van der Waals surface area contributed by atoms with Gasteiger partial charge in [0.2, 0.25) is 5.91 Å². The SMILES string of the molecule is COC(=O)[C@H]1CN(C(=O)CCNC(=O)c2ccccc2Cl)CCS1. The topological polar surface area (TPSA) is 75.7 Å². The molecule has 1 aromatic rings. The fourth-order valence-electron chi connectivity index (χ4n) is 2.33. The smallest absolute Gasteiger partial charge is 0.320 e. The molecule has 6 nitrogen and oxygen atoms in total. The molecule has 8 heteroatoms. The third-order valence-corrected chi connectivity index (χ3v) is 5.12. The number of rotatable bonds is 5. The number of nitrogens with zero attached hydrogens (tertiary/aromatic N) is 1. The van der Waals surface area contributed by atoms with E-state index in [4.69, 9.17) is 16.3 Å². The van der Waals surface area contributed by atoms with Gasteiger partial charge in [-0.2, -0.15) is 0 Å². The molecule has 0 aliphatic carbocycles. The summed E-state index contributed by atoms with van der Waals surface area (Å²) >= 11 is 7.45. The predicted octanol–water partition coefficient (Wildman–Crippen LogP) is 1.58. The fourth-order valence-corrected chi connectivity index (χ4v) is 3.68. The Morgan fingerprint density at radius 1 is 1.38 bits per heavy atom. The van der Waals surface area contributed by atoms with Crippen molar-refractivity contribution in [1.82, 2.24) is 10.2 Å². The van der Waals surface area contributed by atoms with Gasteiger partial charge in [-0.1, -0.05) is 23.7 Å². The second-order valence-corrected chi connectivity index (χ2v) is 6.93. The third kappa shape index (κ3) is 4.88. The zero-order valence-corrected chi connectivity index (χ0v) is 14.9. The van der Waals surface area contributed by atoms with Gasteiger partial charge in [0, 0.05) is 31.8 Å². The average Bonchev–Trinajstić information content (AvgIpc) is 2.61. The van der Waals surface area contributed by atoms with Crippen molar-refractivity contribution in [3.8, 4) is 0 Å². The van der Waals surface area contributed by atoms with Crippen LogP contribution in [0.25, 0.3) is 0 Å². The van der Waals surface area contributed by atoms with E-state index in [1.807, 2.05) is 0 Å². The summed E-state index contributed by atoms with van der Waals surface area (Å²) in [6, 6.07) is 6.74. The maximum absolute atomic E-state index is 12.2. The van der Waals surface area contributed by atoms with Crippen molar-refractivity contribution in [2.45, 2.75) is 11.7 Å². The minimum atomic E-state index is -0.342. The number of methoxy groups -OCH3 is 1. The van der Waals surface area contributed by atoms with Crippen LogP contribution in [0, 0.1) is 0 Å². The number of esters is 1. The first-order valence-corrected chi connectivity index (χ1v) is 8.95. The number of benzene rings is 1. The van der Waals surface area contributed by atoms with E-state index in [0.717, 1.165) is 0 Å². The lowest BCUT2D eigenvalue weighted by molar-refractivity contribution is -0.141. The molecule has 1 aromatic carbocycles. The molecule has 0 saturated carbocycles. The van der Waals surface area contributed by atoms with Crippen LogP contribution < -0.4 is 5.32 Å². The summed E-state index contributed by atoms with van der Waals surface area (Å²) in [4.78, 5) is 37.5. The molecule has 0 unspecified atom stereocenters. The molecule has 0 bridgehead atoms. The van der Waals surface area contributed by atoms with Gasteiger partial charge in [-0.05, 0) is 12.1 Å². The van der Waals surface area contributed by atoms with Crippen molar-refractivity contribution in [1.29, 1.82) is 0 Å². The number of carbonyl (C=O) groups is 3. The van der Waals surface area contributed by atoms with Gasteiger partial charge in [-0.15, -0.1) is 11.8 Å². The van der Waals surface area contributed by atoms with Crippen LogP contribution in [-0.4, -0.2) is 60.4 Å². The van der Waals surface area contributed by atoms with E-state index in [-0.39, 0.29) is 36.0 Å². The molecule has 0 spiro atoms. The summed E-state index contributed by atoms with van der Waals surface area (Å²) in [7, 11) is 1.34. The lowest BCUT2D eigenvalue weighted by Gasteiger charge is -2.31. The first-order valence-electron chi connectivity index (χ1n) is 7.53. The van der Waals surface area contributed by atoms with Gasteiger partial charge in [-0.3, -0.25) is 14.4 Å². The Kier molecular flexibility index (Phi) is 6.93.